The van der Waals surface area contributed by atoms with Crippen LogP contribution in [0.15, 0.2) is 0 Å². The molecule has 3 amide bonds. The van der Waals surface area contributed by atoms with Gasteiger partial charge in [-0.05, 0) is 79.2 Å². The van der Waals surface area contributed by atoms with Gasteiger partial charge in [0.05, 0.1) is 12.1 Å². The fourth-order valence-corrected chi connectivity index (χ4v) is 3.48. The van der Waals surface area contributed by atoms with Gasteiger partial charge in [0, 0.05) is 13.6 Å². The maximum atomic E-state index is 12.6. The van der Waals surface area contributed by atoms with Crippen LogP contribution in [0.25, 0.3) is 0 Å². The summed E-state index contributed by atoms with van der Waals surface area (Å²) in [4.78, 5) is 37.1. The van der Waals surface area contributed by atoms with Crippen LogP contribution in [0, 0.1) is 0 Å². The van der Waals surface area contributed by atoms with Crippen molar-refractivity contribution in [2.24, 2.45) is 5.73 Å². The van der Waals surface area contributed by atoms with Gasteiger partial charge >= 0.3 is 0 Å². The largest absolute Gasteiger partial charge is 0.357 e. The SMILES string of the molecule is CNCCCCC(NC)C(=O)NCCCCC(NC(=O)C(CCCCN)NC)C(=O)NC. The summed E-state index contributed by atoms with van der Waals surface area (Å²) in [5, 5.41) is 17.6. The third kappa shape index (κ3) is 13.6. The summed E-state index contributed by atoms with van der Waals surface area (Å²) in [6.07, 6.45) is 7.16. The average molecular weight is 458 g/mol. The van der Waals surface area contributed by atoms with Gasteiger partial charge in [-0.1, -0.05) is 12.8 Å². The lowest BCUT2D eigenvalue weighted by molar-refractivity contribution is -0.130. The highest BCUT2D eigenvalue weighted by atomic mass is 16.2. The number of likely N-dealkylation sites (N-methyl/N-ethyl adjacent to an activating group) is 3. The van der Waals surface area contributed by atoms with Crippen LogP contribution >= 0.6 is 0 Å². The molecule has 3 atom stereocenters. The van der Waals surface area contributed by atoms with Crippen LogP contribution in [0.4, 0.5) is 0 Å². The van der Waals surface area contributed by atoms with Gasteiger partial charge in [-0.3, -0.25) is 14.4 Å². The molecule has 0 heterocycles. The Kier molecular flexibility index (Phi) is 18.8. The number of nitrogens with one attached hydrogen (secondary N) is 6. The van der Waals surface area contributed by atoms with Crippen LogP contribution in [0.5, 0.6) is 0 Å². The van der Waals surface area contributed by atoms with Crippen LogP contribution in [0.1, 0.15) is 57.8 Å². The minimum absolute atomic E-state index is 0.00227. The normalized spacial score (nSPS) is 13.8. The Bertz CT molecular complexity index is 520. The van der Waals surface area contributed by atoms with Crippen LogP contribution in [-0.4, -0.2) is 83.7 Å². The predicted molar refractivity (Wildman–Crippen MR) is 129 cm³/mol. The van der Waals surface area contributed by atoms with E-state index in [0.717, 1.165) is 45.1 Å². The van der Waals surface area contributed by atoms with Gasteiger partial charge in [0.25, 0.3) is 0 Å². The highest BCUT2D eigenvalue weighted by molar-refractivity contribution is 5.89. The number of carbonyl (C=O) groups excluding carboxylic acids is 3. The zero-order valence-electron chi connectivity index (χ0n) is 20.5. The van der Waals surface area contributed by atoms with E-state index in [1.165, 1.54) is 0 Å². The van der Waals surface area contributed by atoms with Crippen LogP contribution in [0.2, 0.25) is 0 Å². The Balaban J connectivity index is 4.39. The highest BCUT2D eigenvalue weighted by Gasteiger charge is 2.23. The van der Waals surface area contributed by atoms with Crippen molar-refractivity contribution in [3.8, 4) is 0 Å². The standard InChI is InChI=1S/C22H47N7O3/c1-24-15-9-6-12-17(25-2)21(31)28-16-10-7-13-19(20(30)27-4)29-22(32)18(26-3)11-5-8-14-23/h17-19,24-26H,5-16,23H2,1-4H3,(H,27,30)(H,28,31)(H,29,32). The topological polar surface area (TPSA) is 149 Å². The Morgan fingerprint density at radius 1 is 0.656 bits per heavy atom. The molecule has 0 fully saturated rings. The molecule has 0 aliphatic rings. The molecular formula is C22H47N7O3. The van der Waals surface area contributed by atoms with E-state index in [9.17, 15) is 14.4 Å². The summed E-state index contributed by atoms with van der Waals surface area (Å²) in [7, 11) is 7.02. The maximum Gasteiger partial charge on any atom is 0.242 e. The molecule has 0 aromatic rings. The van der Waals surface area contributed by atoms with E-state index in [0.29, 0.717) is 32.4 Å². The van der Waals surface area contributed by atoms with E-state index in [1.807, 2.05) is 7.05 Å². The average Bonchev–Trinajstić information content (AvgIpc) is 2.80. The van der Waals surface area contributed by atoms with Crippen molar-refractivity contribution < 1.29 is 14.4 Å². The van der Waals surface area contributed by atoms with Gasteiger partial charge in [-0.2, -0.15) is 0 Å². The van der Waals surface area contributed by atoms with Crippen molar-refractivity contribution in [2.75, 3.05) is 47.8 Å². The molecule has 10 nitrogen and oxygen atoms in total. The molecule has 0 spiro atoms. The number of carbonyl (C=O) groups is 3. The molecule has 8 N–H and O–H groups in total. The fraction of sp³-hybridized carbons (Fsp3) is 0.864. The summed E-state index contributed by atoms with van der Waals surface area (Å²) in [6.45, 7) is 2.09. The zero-order valence-corrected chi connectivity index (χ0v) is 20.5. The summed E-state index contributed by atoms with van der Waals surface area (Å²) in [6, 6.07) is -1.13. The van der Waals surface area contributed by atoms with E-state index in [-0.39, 0.29) is 29.8 Å². The monoisotopic (exact) mass is 457 g/mol. The molecule has 0 saturated carbocycles. The Morgan fingerprint density at radius 3 is 1.72 bits per heavy atom. The van der Waals surface area contributed by atoms with E-state index in [2.05, 4.69) is 31.9 Å². The first-order valence-electron chi connectivity index (χ1n) is 11.9. The highest BCUT2D eigenvalue weighted by Crippen LogP contribution is 2.05. The Morgan fingerprint density at radius 2 is 1.19 bits per heavy atom. The number of nitrogens with two attached hydrogens (primary N) is 1. The van der Waals surface area contributed by atoms with E-state index in [4.69, 9.17) is 5.73 Å². The van der Waals surface area contributed by atoms with Crippen molar-refractivity contribution in [1.82, 2.24) is 31.9 Å². The first-order chi connectivity index (χ1) is 15.4. The second-order valence-corrected chi connectivity index (χ2v) is 8.03. The summed E-state index contributed by atoms with van der Waals surface area (Å²) in [5.74, 6) is -0.389. The minimum atomic E-state index is -0.592. The number of hydrogen-bond donors (Lipinski definition) is 7. The van der Waals surface area contributed by atoms with E-state index < -0.39 is 6.04 Å². The molecule has 0 saturated heterocycles. The molecule has 0 aromatic heterocycles. The smallest absolute Gasteiger partial charge is 0.242 e. The lowest BCUT2D eigenvalue weighted by atomic mass is 10.1. The van der Waals surface area contributed by atoms with Gasteiger partial charge in [0.15, 0.2) is 0 Å². The summed E-state index contributed by atoms with van der Waals surface area (Å²) < 4.78 is 0. The zero-order chi connectivity index (χ0) is 24.2. The van der Waals surface area contributed by atoms with Gasteiger partial charge < -0.3 is 37.6 Å². The fourth-order valence-electron chi connectivity index (χ4n) is 3.48. The molecule has 0 aromatic carbocycles. The molecule has 32 heavy (non-hydrogen) atoms. The first kappa shape index (κ1) is 30.2. The van der Waals surface area contributed by atoms with Gasteiger partial charge in [0.2, 0.25) is 17.7 Å². The summed E-state index contributed by atoms with van der Waals surface area (Å²) in [5.41, 5.74) is 5.52. The van der Waals surface area contributed by atoms with Crippen molar-refractivity contribution in [3.63, 3.8) is 0 Å². The van der Waals surface area contributed by atoms with Gasteiger partial charge in [0.1, 0.15) is 6.04 Å². The number of hydrogen-bond acceptors (Lipinski definition) is 7. The molecule has 10 heteroatoms. The minimum Gasteiger partial charge on any atom is -0.357 e. The summed E-state index contributed by atoms with van der Waals surface area (Å²) >= 11 is 0. The Labute approximate surface area is 194 Å². The molecule has 3 unspecified atom stereocenters. The number of rotatable bonds is 20. The van der Waals surface area contributed by atoms with Crippen molar-refractivity contribution in [3.05, 3.63) is 0 Å². The lowest BCUT2D eigenvalue weighted by Gasteiger charge is -2.22. The van der Waals surface area contributed by atoms with Crippen LogP contribution < -0.4 is 37.6 Å². The molecule has 0 bridgehead atoms. The molecule has 0 aliphatic carbocycles. The van der Waals surface area contributed by atoms with Gasteiger partial charge in [-0.25, -0.2) is 0 Å². The molecule has 188 valence electrons. The predicted octanol–water partition coefficient (Wildman–Crippen LogP) is -0.802. The molecule has 0 aliphatic heterocycles. The number of unbranched alkanes of at least 4 members (excludes halogenated alkanes) is 3. The van der Waals surface area contributed by atoms with Crippen molar-refractivity contribution >= 4 is 17.7 Å². The van der Waals surface area contributed by atoms with E-state index >= 15 is 0 Å². The van der Waals surface area contributed by atoms with Crippen LogP contribution in [0.3, 0.4) is 0 Å². The molecule has 0 radical (unpaired) electrons. The van der Waals surface area contributed by atoms with Crippen LogP contribution in [-0.2, 0) is 14.4 Å². The van der Waals surface area contributed by atoms with Crippen molar-refractivity contribution in [2.45, 2.75) is 75.9 Å². The van der Waals surface area contributed by atoms with Gasteiger partial charge in [-0.15, -0.1) is 0 Å². The third-order valence-electron chi connectivity index (χ3n) is 5.54. The lowest BCUT2D eigenvalue weighted by Crippen LogP contribution is -2.51. The quantitative estimate of drug-likeness (QED) is 0.118. The third-order valence-corrected chi connectivity index (χ3v) is 5.54. The maximum absolute atomic E-state index is 12.6. The molecular weight excluding hydrogens is 410 g/mol. The van der Waals surface area contributed by atoms with E-state index in [1.54, 1.807) is 21.1 Å². The number of amides is 3. The van der Waals surface area contributed by atoms with Crippen molar-refractivity contribution in [1.29, 1.82) is 0 Å². The first-order valence-corrected chi connectivity index (χ1v) is 11.9. The molecule has 0 rings (SSSR count). The second-order valence-electron chi connectivity index (χ2n) is 8.03. The Hall–Kier alpha value is -1.75. The second kappa shape index (κ2) is 19.9.